The topological polar surface area (TPSA) is 37.8 Å². The van der Waals surface area contributed by atoms with E-state index in [0.29, 0.717) is 11.3 Å². The summed E-state index contributed by atoms with van der Waals surface area (Å²) in [5, 5.41) is 3.93. The minimum atomic E-state index is -0.00319. The zero-order valence-corrected chi connectivity index (χ0v) is 12.0. The highest BCUT2D eigenvalue weighted by molar-refractivity contribution is 7.71. The van der Waals surface area contributed by atoms with Crippen LogP contribution in [0.2, 0.25) is 0 Å². The third kappa shape index (κ3) is 1.86. The highest BCUT2D eigenvalue weighted by Crippen LogP contribution is 2.18. The number of rotatable bonds is 2. The van der Waals surface area contributed by atoms with Crippen LogP contribution in [0.1, 0.15) is 10.4 Å². The molecule has 3 nitrogen and oxygen atoms in total. The van der Waals surface area contributed by atoms with Gasteiger partial charge in [-0.05, 0) is 47.6 Å². The Morgan fingerprint density at radius 2 is 2.11 bits per heavy atom. The summed E-state index contributed by atoms with van der Waals surface area (Å²) in [5.74, 6) is 0. The molecule has 0 amide bonds. The van der Waals surface area contributed by atoms with Gasteiger partial charge in [0, 0.05) is 4.88 Å². The van der Waals surface area contributed by atoms with E-state index < -0.39 is 0 Å². The van der Waals surface area contributed by atoms with Gasteiger partial charge in [0.25, 0.3) is 5.56 Å². The van der Waals surface area contributed by atoms with Gasteiger partial charge in [-0.15, -0.1) is 22.7 Å². The van der Waals surface area contributed by atoms with E-state index in [9.17, 15) is 4.79 Å². The van der Waals surface area contributed by atoms with Crippen LogP contribution >= 0.6 is 34.9 Å². The van der Waals surface area contributed by atoms with Gasteiger partial charge in [0.2, 0.25) is 0 Å². The zero-order valence-electron chi connectivity index (χ0n) is 9.60. The van der Waals surface area contributed by atoms with E-state index >= 15 is 0 Å². The zero-order chi connectivity index (χ0) is 12.7. The number of hydrogen-bond donors (Lipinski definition) is 1. The SMILES string of the molecule is Cc1ccsc1Cn1c(=S)[nH]c2ccsc2c1=O. The van der Waals surface area contributed by atoms with Crippen molar-refractivity contribution in [3.8, 4) is 0 Å². The predicted molar refractivity (Wildman–Crippen MR) is 79.4 cm³/mol. The lowest BCUT2D eigenvalue weighted by atomic mass is 10.3. The molecule has 92 valence electrons. The van der Waals surface area contributed by atoms with E-state index in [2.05, 4.69) is 11.1 Å². The molecule has 3 aromatic heterocycles. The number of nitrogens with one attached hydrogen (secondary N) is 1. The van der Waals surface area contributed by atoms with Crippen molar-refractivity contribution >= 4 is 45.1 Å². The van der Waals surface area contributed by atoms with Crippen LogP contribution in [0.25, 0.3) is 10.2 Å². The summed E-state index contributed by atoms with van der Waals surface area (Å²) in [6.45, 7) is 2.60. The summed E-state index contributed by atoms with van der Waals surface area (Å²) >= 11 is 8.36. The molecule has 0 bridgehead atoms. The number of fused-ring (bicyclic) bond motifs is 1. The number of thiophene rings is 2. The number of aromatic nitrogens is 2. The van der Waals surface area contributed by atoms with Crippen LogP contribution in [0.15, 0.2) is 27.7 Å². The molecule has 0 aliphatic heterocycles. The first kappa shape index (κ1) is 11.8. The summed E-state index contributed by atoms with van der Waals surface area (Å²) in [6.07, 6.45) is 0. The van der Waals surface area contributed by atoms with Crippen molar-refractivity contribution in [1.29, 1.82) is 0 Å². The van der Waals surface area contributed by atoms with Crippen molar-refractivity contribution in [1.82, 2.24) is 9.55 Å². The fourth-order valence-corrected chi connectivity index (χ4v) is 3.77. The van der Waals surface area contributed by atoms with E-state index in [1.807, 2.05) is 23.8 Å². The van der Waals surface area contributed by atoms with E-state index in [4.69, 9.17) is 12.2 Å². The molecule has 0 aliphatic rings. The van der Waals surface area contributed by atoms with Crippen LogP contribution in [0.5, 0.6) is 0 Å². The van der Waals surface area contributed by atoms with Gasteiger partial charge in [-0.1, -0.05) is 0 Å². The maximum atomic E-state index is 12.3. The standard InChI is InChI=1S/C12H10N2OS3/c1-7-2-4-17-9(7)6-14-11(15)10-8(3-5-18-10)13-12(14)16/h2-5H,6H2,1H3,(H,13,16). The molecular weight excluding hydrogens is 284 g/mol. The molecular formula is C12H10N2OS3. The molecule has 3 rings (SSSR count). The Morgan fingerprint density at radius 1 is 1.33 bits per heavy atom. The third-order valence-corrected chi connectivity index (χ3v) is 5.09. The smallest absolute Gasteiger partial charge is 0.272 e. The number of aryl methyl sites for hydroxylation is 1. The van der Waals surface area contributed by atoms with Gasteiger partial charge in [0.1, 0.15) is 4.70 Å². The van der Waals surface area contributed by atoms with Crippen molar-refractivity contribution in [3.63, 3.8) is 0 Å². The first-order valence-corrected chi connectivity index (χ1v) is 7.57. The van der Waals surface area contributed by atoms with Crippen LogP contribution < -0.4 is 5.56 Å². The number of hydrogen-bond acceptors (Lipinski definition) is 4. The highest BCUT2D eigenvalue weighted by atomic mass is 32.1. The first-order chi connectivity index (χ1) is 8.66. The maximum absolute atomic E-state index is 12.3. The molecule has 1 N–H and O–H groups in total. The van der Waals surface area contributed by atoms with Gasteiger partial charge in [0.05, 0.1) is 12.1 Å². The molecule has 0 saturated heterocycles. The molecule has 0 aliphatic carbocycles. The van der Waals surface area contributed by atoms with Crippen molar-refractivity contribution in [3.05, 3.63) is 48.5 Å². The summed E-state index contributed by atoms with van der Waals surface area (Å²) < 4.78 is 2.85. The van der Waals surface area contributed by atoms with Gasteiger partial charge in [-0.3, -0.25) is 9.36 Å². The van der Waals surface area contributed by atoms with E-state index in [-0.39, 0.29) is 5.56 Å². The van der Waals surface area contributed by atoms with Gasteiger partial charge in [-0.25, -0.2) is 0 Å². The molecule has 0 radical (unpaired) electrons. The van der Waals surface area contributed by atoms with Crippen molar-refractivity contribution in [2.24, 2.45) is 0 Å². The van der Waals surface area contributed by atoms with Crippen LogP contribution in [0.3, 0.4) is 0 Å². The van der Waals surface area contributed by atoms with Crippen LogP contribution in [-0.2, 0) is 6.54 Å². The van der Waals surface area contributed by atoms with Crippen molar-refractivity contribution in [2.45, 2.75) is 13.5 Å². The Hall–Kier alpha value is -1.24. The molecule has 0 unspecified atom stereocenters. The molecule has 3 aromatic rings. The van der Waals surface area contributed by atoms with Crippen molar-refractivity contribution in [2.75, 3.05) is 0 Å². The van der Waals surface area contributed by atoms with Gasteiger partial charge < -0.3 is 4.98 Å². The number of aromatic amines is 1. The highest BCUT2D eigenvalue weighted by Gasteiger charge is 2.09. The van der Waals surface area contributed by atoms with Gasteiger partial charge in [-0.2, -0.15) is 0 Å². The Balaban J connectivity index is 2.20. The number of nitrogens with zero attached hydrogens (tertiary/aromatic N) is 1. The Morgan fingerprint density at radius 3 is 2.83 bits per heavy atom. The predicted octanol–water partition coefficient (Wildman–Crippen LogP) is 3.54. The molecule has 6 heteroatoms. The lowest BCUT2D eigenvalue weighted by Gasteiger charge is -2.05. The van der Waals surface area contributed by atoms with Crippen LogP contribution in [0.4, 0.5) is 0 Å². The molecule has 0 atom stereocenters. The molecule has 0 aromatic carbocycles. The normalized spacial score (nSPS) is 11.2. The Bertz CT molecular complexity index is 822. The maximum Gasteiger partial charge on any atom is 0.272 e. The van der Waals surface area contributed by atoms with Gasteiger partial charge >= 0.3 is 0 Å². The Kier molecular flexibility index (Phi) is 2.93. The monoisotopic (exact) mass is 294 g/mol. The molecule has 0 fully saturated rings. The molecule has 0 spiro atoms. The second-order valence-corrected chi connectivity index (χ2v) is 6.32. The quantitative estimate of drug-likeness (QED) is 0.734. The third-order valence-electron chi connectivity index (χ3n) is 2.86. The van der Waals surface area contributed by atoms with E-state index in [1.54, 1.807) is 15.9 Å². The van der Waals surface area contributed by atoms with E-state index in [1.165, 1.54) is 21.8 Å². The average Bonchev–Trinajstić information content (AvgIpc) is 2.94. The molecule has 18 heavy (non-hydrogen) atoms. The average molecular weight is 294 g/mol. The molecule has 0 saturated carbocycles. The first-order valence-electron chi connectivity index (χ1n) is 5.40. The van der Waals surface area contributed by atoms with E-state index in [0.717, 1.165) is 10.2 Å². The summed E-state index contributed by atoms with van der Waals surface area (Å²) in [4.78, 5) is 16.6. The minimum Gasteiger partial charge on any atom is -0.331 e. The second-order valence-electron chi connectivity index (χ2n) is 4.01. The van der Waals surface area contributed by atoms with Crippen molar-refractivity contribution < 1.29 is 0 Å². The lowest BCUT2D eigenvalue weighted by Crippen LogP contribution is -2.21. The lowest BCUT2D eigenvalue weighted by molar-refractivity contribution is 0.742. The number of H-pyrrole nitrogens is 1. The second kappa shape index (κ2) is 4.46. The minimum absolute atomic E-state index is 0.00319. The summed E-state index contributed by atoms with van der Waals surface area (Å²) in [6, 6.07) is 3.94. The molecule has 3 heterocycles. The fraction of sp³-hybridized carbons (Fsp3) is 0.167. The van der Waals surface area contributed by atoms with Crippen LogP contribution in [0, 0.1) is 11.7 Å². The largest absolute Gasteiger partial charge is 0.331 e. The summed E-state index contributed by atoms with van der Waals surface area (Å²) in [7, 11) is 0. The van der Waals surface area contributed by atoms with Crippen LogP contribution in [-0.4, -0.2) is 9.55 Å². The fourth-order valence-electron chi connectivity index (χ4n) is 1.82. The summed E-state index contributed by atoms with van der Waals surface area (Å²) in [5.41, 5.74) is 2.03. The van der Waals surface area contributed by atoms with Gasteiger partial charge in [0.15, 0.2) is 4.77 Å². The Labute approximate surface area is 116 Å².